The third-order valence-corrected chi connectivity index (χ3v) is 3.52. The molecule has 1 aromatic heterocycles. The normalized spacial score (nSPS) is 18.3. The molecule has 1 fully saturated rings. The van der Waals surface area contributed by atoms with Gasteiger partial charge in [0.25, 0.3) is 11.8 Å². The van der Waals surface area contributed by atoms with Crippen LogP contribution in [0.4, 0.5) is 5.82 Å². The van der Waals surface area contributed by atoms with E-state index < -0.39 is 0 Å². The number of benzene rings is 1. The molecular formula is C13H10N4O3. The predicted molar refractivity (Wildman–Crippen MR) is 67.5 cm³/mol. The Morgan fingerprint density at radius 1 is 1.10 bits per heavy atom. The van der Waals surface area contributed by atoms with Gasteiger partial charge < -0.3 is 4.74 Å². The number of carbonyl (C=O) groups is 2. The topological polar surface area (TPSA) is 77.3 Å². The number of hydrogen-bond donors (Lipinski definition) is 0. The first-order chi connectivity index (χ1) is 9.75. The first-order valence-electron chi connectivity index (χ1n) is 6.23. The highest BCUT2D eigenvalue weighted by Crippen LogP contribution is 2.27. The summed E-state index contributed by atoms with van der Waals surface area (Å²) in [6, 6.07) is 6.87. The molecule has 2 aliphatic heterocycles. The van der Waals surface area contributed by atoms with Gasteiger partial charge in [0.15, 0.2) is 5.82 Å². The van der Waals surface area contributed by atoms with Crippen LogP contribution in [0.25, 0.3) is 0 Å². The lowest BCUT2D eigenvalue weighted by Gasteiger charge is -2.25. The third kappa shape index (κ3) is 1.44. The van der Waals surface area contributed by atoms with Gasteiger partial charge in [-0.1, -0.05) is 17.3 Å². The molecule has 1 aromatic carbocycles. The number of aromatic nitrogens is 3. The molecule has 7 nitrogen and oxygen atoms in total. The van der Waals surface area contributed by atoms with Crippen LogP contribution in [0.15, 0.2) is 30.5 Å². The summed E-state index contributed by atoms with van der Waals surface area (Å²) in [4.78, 5) is 25.6. The Labute approximate surface area is 113 Å². The number of rotatable bonds is 2. The van der Waals surface area contributed by atoms with E-state index in [4.69, 9.17) is 4.74 Å². The molecule has 0 aliphatic carbocycles. The lowest BCUT2D eigenvalue weighted by atomic mass is 10.1. The van der Waals surface area contributed by atoms with E-state index >= 15 is 0 Å². The molecule has 2 amide bonds. The van der Waals surface area contributed by atoms with E-state index in [0.717, 1.165) is 4.90 Å². The number of imide groups is 1. The van der Waals surface area contributed by atoms with Crippen LogP contribution in [0.1, 0.15) is 26.8 Å². The van der Waals surface area contributed by atoms with Gasteiger partial charge in [0.1, 0.15) is 6.04 Å². The number of hydrogen-bond acceptors (Lipinski definition) is 5. The zero-order valence-corrected chi connectivity index (χ0v) is 10.4. The number of fused-ring (bicyclic) bond motifs is 1. The predicted octanol–water partition coefficient (Wildman–Crippen LogP) is 0.650. The summed E-state index contributed by atoms with van der Waals surface area (Å²) in [7, 11) is 0. The van der Waals surface area contributed by atoms with Crippen molar-refractivity contribution in [2.45, 2.75) is 6.04 Å². The highest BCUT2D eigenvalue weighted by Gasteiger charge is 2.38. The van der Waals surface area contributed by atoms with Crippen molar-refractivity contribution in [2.24, 2.45) is 0 Å². The molecule has 2 aliphatic rings. The molecule has 0 bridgehead atoms. The van der Waals surface area contributed by atoms with Crippen LogP contribution in [0, 0.1) is 0 Å². The van der Waals surface area contributed by atoms with Gasteiger partial charge in [-0.05, 0) is 12.1 Å². The number of anilines is 1. The Kier molecular flexibility index (Phi) is 2.25. The Balaban J connectivity index is 1.71. The quantitative estimate of drug-likeness (QED) is 0.749. The minimum Gasteiger partial charge on any atom is -0.377 e. The van der Waals surface area contributed by atoms with E-state index in [1.54, 1.807) is 35.1 Å². The maximum atomic E-state index is 12.3. The smallest absolute Gasteiger partial charge is 0.267 e. The fraction of sp³-hybridized carbons (Fsp3) is 0.231. The molecule has 7 heteroatoms. The second-order valence-electron chi connectivity index (χ2n) is 4.74. The molecule has 0 radical (unpaired) electrons. The lowest BCUT2D eigenvalue weighted by molar-refractivity contribution is -0.0293. The van der Waals surface area contributed by atoms with E-state index in [2.05, 4.69) is 10.3 Å². The Morgan fingerprint density at radius 2 is 1.75 bits per heavy atom. The Morgan fingerprint density at radius 3 is 2.30 bits per heavy atom. The number of nitrogens with zero attached hydrogens (tertiary/aromatic N) is 4. The van der Waals surface area contributed by atoms with E-state index in [1.807, 2.05) is 0 Å². The molecule has 20 heavy (non-hydrogen) atoms. The third-order valence-electron chi connectivity index (χ3n) is 3.52. The molecule has 4 rings (SSSR count). The standard InChI is InChI=1S/C13H10N4O3/c18-12-9-3-1-2-4-10(9)13(19)17(12)11-5-16(15-14-11)8-6-20-7-8/h1-5,8H,6-7H2. The van der Waals surface area contributed by atoms with Crippen molar-refractivity contribution in [3.63, 3.8) is 0 Å². The van der Waals surface area contributed by atoms with Crippen molar-refractivity contribution >= 4 is 17.6 Å². The average molecular weight is 270 g/mol. The van der Waals surface area contributed by atoms with Crippen LogP contribution < -0.4 is 4.90 Å². The van der Waals surface area contributed by atoms with Crippen molar-refractivity contribution in [2.75, 3.05) is 18.1 Å². The van der Waals surface area contributed by atoms with Gasteiger partial charge in [-0.15, -0.1) is 5.10 Å². The van der Waals surface area contributed by atoms with Gasteiger partial charge in [-0.25, -0.2) is 9.58 Å². The van der Waals surface area contributed by atoms with E-state index in [-0.39, 0.29) is 23.7 Å². The summed E-state index contributed by atoms with van der Waals surface area (Å²) < 4.78 is 6.71. The zero-order valence-electron chi connectivity index (χ0n) is 10.4. The van der Waals surface area contributed by atoms with Gasteiger partial charge in [0, 0.05) is 0 Å². The highest BCUT2D eigenvalue weighted by atomic mass is 16.5. The molecule has 0 N–H and O–H groups in total. The molecule has 0 saturated carbocycles. The first-order valence-corrected chi connectivity index (χ1v) is 6.23. The van der Waals surface area contributed by atoms with E-state index in [9.17, 15) is 9.59 Å². The minimum absolute atomic E-state index is 0.131. The van der Waals surface area contributed by atoms with Gasteiger partial charge in [-0.2, -0.15) is 0 Å². The second kappa shape index (κ2) is 3.97. The van der Waals surface area contributed by atoms with Crippen molar-refractivity contribution < 1.29 is 14.3 Å². The molecule has 0 atom stereocenters. The maximum absolute atomic E-state index is 12.3. The Bertz CT molecular complexity index is 685. The summed E-state index contributed by atoms with van der Waals surface area (Å²) in [5.74, 6) is -0.465. The SMILES string of the molecule is O=C1c2ccccc2C(=O)N1c1cn(C2COC2)nn1. The monoisotopic (exact) mass is 270 g/mol. The zero-order chi connectivity index (χ0) is 13.7. The van der Waals surface area contributed by atoms with Crippen LogP contribution in [0.5, 0.6) is 0 Å². The average Bonchev–Trinajstić information content (AvgIpc) is 2.94. The van der Waals surface area contributed by atoms with Gasteiger partial charge in [-0.3, -0.25) is 9.59 Å². The van der Waals surface area contributed by atoms with Crippen molar-refractivity contribution in [3.05, 3.63) is 41.6 Å². The fourth-order valence-electron chi connectivity index (χ4n) is 2.32. The largest absolute Gasteiger partial charge is 0.377 e. The van der Waals surface area contributed by atoms with Crippen LogP contribution in [-0.4, -0.2) is 40.0 Å². The van der Waals surface area contributed by atoms with Crippen molar-refractivity contribution in [1.82, 2.24) is 15.0 Å². The maximum Gasteiger partial charge on any atom is 0.267 e. The summed E-state index contributed by atoms with van der Waals surface area (Å²) in [6.07, 6.45) is 1.61. The van der Waals surface area contributed by atoms with E-state index in [1.165, 1.54) is 0 Å². The molecule has 0 unspecified atom stereocenters. The van der Waals surface area contributed by atoms with Crippen LogP contribution in [0.3, 0.4) is 0 Å². The summed E-state index contributed by atoms with van der Waals surface area (Å²) in [5.41, 5.74) is 0.804. The fourth-order valence-corrected chi connectivity index (χ4v) is 2.32. The van der Waals surface area contributed by atoms with E-state index in [0.29, 0.717) is 24.3 Å². The summed E-state index contributed by atoms with van der Waals surface area (Å²) in [5, 5.41) is 7.88. The Hall–Kier alpha value is -2.54. The molecule has 1 saturated heterocycles. The van der Waals surface area contributed by atoms with Crippen LogP contribution in [-0.2, 0) is 4.74 Å². The van der Waals surface area contributed by atoms with Gasteiger partial charge in [0.05, 0.1) is 30.5 Å². The summed E-state index contributed by atoms with van der Waals surface area (Å²) >= 11 is 0. The number of amides is 2. The molecule has 2 aromatic rings. The number of ether oxygens (including phenoxy) is 1. The van der Waals surface area contributed by atoms with Crippen LogP contribution >= 0.6 is 0 Å². The first kappa shape index (κ1) is 11.3. The van der Waals surface area contributed by atoms with Crippen molar-refractivity contribution in [3.8, 4) is 0 Å². The minimum atomic E-state index is -0.359. The summed E-state index contributed by atoms with van der Waals surface area (Å²) in [6.45, 7) is 1.15. The van der Waals surface area contributed by atoms with Gasteiger partial charge >= 0.3 is 0 Å². The lowest BCUT2D eigenvalue weighted by Crippen LogP contribution is -2.31. The van der Waals surface area contributed by atoms with Crippen molar-refractivity contribution in [1.29, 1.82) is 0 Å². The second-order valence-corrected chi connectivity index (χ2v) is 4.74. The molecular weight excluding hydrogens is 260 g/mol. The highest BCUT2D eigenvalue weighted by molar-refractivity contribution is 6.34. The van der Waals surface area contributed by atoms with Crippen LogP contribution in [0.2, 0.25) is 0 Å². The molecule has 100 valence electrons. The number of carbonyl (C=O) groups excluding carboxylic acids is 2. The molecule has 0 spiro atoms. The van der Waals surface area contributed by atoms with Gasteiger partial charge in [0.2, 0.25) is 0 Å². The molecule has 3 heterocycles.